The Balaban J connectivity index is 0.000000980. The molecule has 2 heterocycles. The molecule has 2 aromatic heterocycles. The van der Waals surface area contributed by atoms with Crippen LogP contribution in [0.4, 0.5) is 0 Å². The molecule has 2 rings (SSSR count). The molecule has 0 aliphatic heterocycles. The second-order valence-corrected chi connectivity index (χ2v) is 3.82. The quantitative estimate of drug-likeness (QED) is 0.831. The summed E-state index contributed by atoms with van der Waals surface area (Å²) in [4.78, 5) is 8.63. The molecule has 2 aromatic rings. The molecular formula is C10H12Cl2N2S. The van der Waals surface area contributed by atoms with Gasteiger partial charge < -0.3 is 0 Å². The van der Waals surface area contributed by atoms with Crippen molar-refractivity contribution in [2.75, 3.05) is 0 Å². The van der Waals surface area contributed by atoms with Crippen molar-refractivity contribution >= 4 is 36.2 Å². The molecule has 0 fully saturated rings. The number of aromatic nitrogens is 2. The van der Waals surface area contributed by atoms with E-state index in [2.05, 4.69) is 15.3 Å². The maximum Gasteiger partial charge on any atom is 0.0987 e. The molecule has 15 heavy (non-hydrogen) atoms. The van der Waals surface area contributed by atoms with Crippen LogP contribution in [-0.4, -0.2) is 9.97 Å². The fraction of sp³-hybridized carbons (Fsp3) is 0.200. The number of nitrogens with zero attached hydrogens (tertiary/aromatic N) is 2. The second kappa shape index (κ2) is 6.77. The summed E-state index contributed by atoms with van der Waals surface area (Å²) < 4.78 is 0. The zero-order chi connectivity index (χ0) is 9.10. The molecule has 0 saturated carbocycles. The summed E-state index contributed by atoms with van der Waals surface area (Å²) in [6, 6.07) is 5.95. The van der Waals surface area contributed by atoms with Gasteiger partial charge in [0, 0.05) is 29.4 Å². The molecule has 2 nitrogen and oxygen atoms in total. The number of thiazole rings is 1. The highest BCUT2D eigenvalue weighted by Gasteiger charge is 2.00. The van der Waals surface area contributed by atoms with E-state index in [1.54, 1.807) is 11.3 Å². The van der Waals surface area contributed by atoms with Crippen LogP contribution in [0.15, 0.2) is 29.8 Å². The Morgan fingerprint density at radius 1 is 1.27 bits per heavy atom. The van der Waals surface area contributed by atoms with E-state index in [1.165, 1.54) is 0 Å². The van der Waals surface area contributed by atoms with Crippen molar-refractivity contribution in [2.24, 2.45) is 0 Å². The number of pyridine rings is 1. The number of hydrogen-bond acceptors (Lipinski definition) is 3. The Hall–Kier alpha value is -0.640. The maximum atomic E-state index is 4.38. The first-order valence-corrected chi connectivity index (χ1v) is 5.03. The van der Waals surface area contributed by atoms with Crippen LogP contribution >= 0.6 is 36.2 Å². The lowest BCUT2D eigenvalue weighted by atomic mass is 10.3. The molecule has 0 spiro atoms. The molecule has 0 aliphatic carbocycles. The van der Waals surface area contributed by atoms with Gasteiger partial charge in [0.05, 0.1) is 5.01 Å². The average molecular weight is 263 g/mol. The lowest BCUT2D eigenvalue weighted by molar-refractivity contribution is 1.04. The van der Waals surface area contributed by atoms with Crippen molar-refractivity contribution < 1.29 is 0 Å². The van der Waals surface area contributed by atoms with E-state index in [1.807, 2.05) is 31.3 Å². The Morgan fingerprint density at radius 3 is 2.60 bits per heavy atom. The monoisotopic (exact) mass is 262 g/mol. The third-order valence-corrected chi connectivity index (χ3v) is 2.69. The molecule has 0 atom stereocenters. The van der Waals surface area contributed by atoms with Gasteiger partial charge in [-0.1, -0.05) is 6.07 Å². The first-order chi connectivity index (χ1) is 6.34. The zero-order valence-electron chi connectivity index (χ0n) is 8.21. The lowest BCUT2D eigenvalue weighted by Crippen LogP contribution is -1.89. The Kier molecular flexibility index (Phi) is 6.48. The van der Waals surface area contributed by atoms with Crippen molar-refractivity contribution in [3.8, 4) is 0 Å². The molecule has 0 unspecified atom stereocenters. The number of rotatable bonds is 2. The van der Waals surface area contributed by atoms with Crippen LogP contribution in [0.5, 0.6) is 0 Å². The number of halogens is 2. The van der Waals surface area contributed by atoms with Crippen LogP contribution in [0.3, 0.4) is 0 Å². The molecular weight excluding hydrogens is 251 g/mol. The third-order valence-electron chi connectivity index (χ3n) is 1.73. The number of aryl methyl sites for hydroxylation is 1. The van der Waals surface area contributed by atoms with Crippen LogP contribution in [0.25, 0.3) is 0 Å². The van der Waals surface area contributed by atoms with Gasteiger partial charge >= 0.3 is 0 Å². The van der Waals surface area contributed by atoms with E-state index in [9.17, 15) is 0 Å². The topological polar surface area (TPSA) is 25.8 Å². The highest BCUT2D eigenvalue weighted by Crippen LogP contribution is 2.12. The van der Waals surface area contributed by atoms with E-state index in [0.717, 1.165) is 22.8 Å². The molecule has 0 radical (unpaired) electrons. The fourth-order valence-electron chi connectivity index (χ4n) is 1.14. The van der Waals surface area contributed by atoms with Crippen molar-refractivity contribution in [3.05, 3.63) is 46.2 Å². The van der Waals surface area contributed by atoms with E-state index in [-0.39, 0.29) is 24.8 Å². The van der Waals surface area contributed by atoms with Crippen molar-refractivity contribution in [2.45, 2.75) is 13.3 Å². The third kappa shape index (κ3) is 4.16. The SMILES string of the molecule is Cc1csc(Cc2ccccn2)n1.Cl.Cl. The van der Waals surface area contributed by atoms with Gasteiger partial charge in [-0.05, 0) is 19.1 Å². The summed E-state index contributed by atoms with van der Waals surface area (Å²) in [7, 11) is 0. The van der Waals surface area contributed by atoms with Gasteiger partial charge in [-0.2, -0.15) is 0 Å². The molecule has 0 amide bonds. The van der Waals surface area contributed by atoms with E-state index in [0.29, 0.717) is 0 Å². The van der Waals surface area contributed by atoms with Crippen molar-refractivity contribution in [1.82, 2.24) is 9.97 Å². The van der Waals surface area contributed by atoms with Crippen molar-refractivity contribution in [3.63, 3.8) is 0 Å². The normalized spacial score (nSPS) is 8.87. The highest BCUT2D eigenvalue weighted by molar-refractivity contribution is 7.09. The molecule has 82 valence electrons. The Labute approximate surface area is 106 Å². The largest absolute Gasteiger partial charge is 0.261 e. The second-order valence-electron chi connectivity index (χ2n) is 2.88. The van der Waals surface area contributed by atoms with Crippen LogP contribution in [-0.2, 0) is 6.42 Å². The predicted octanol–water partition coefficient (Wildman–Crippen LogP) is 3.28. The van der Waals surface area contributed by atoms with Crippen LogP contribution in [0.1, 0.15) is 16.4 Å². The van der Waals surface area contributed by atoms with E-state index >= 15 is 0 Å². The van der Waals surface area contributed by atoms with E-state index in [4.69, 9.17) is 0 Å². The Bertz CT molecular complexity index is 389. The minimum absolute atomic E-state index is 0. The fourth-order valence-corrected chi connectivity index (χ4v) is 1.93. The molecule has 0 N–H and O–H groups in total. The van der Waals surface area contributed by atoms with Gasteiger partial charge in [0.25, 0.3) is 0 Å². The predicted molar refractivity (Wildman–Crippen MR) is 68.4 cm³/mol. The molecule has 0 aromatic carbocycles. The summed E-state index contributed by atoms with van der Waals surface area (Å²) >= 11 is 1.69. The standard InChI is InChI=1S/C10H10N2S.2ClH/c1-8-7-13-10(12-8)6-9-4-2-3-5-11-9;;/h2-5,7H,6H2,1H3;2*1H. The van der Waals surface area contributed by atoms with Gasteiger partial charge in [0.15, 0.2) is 0 Å². The smallest absolute Gasteiger partial charge is 0.0987 e. The summed E-state index contributed by atoms with van der Waals surface area (Å²) in [5, 5.41) is 3.20. The summed E-state index contributed by atoms with van der Waals surface area (Å²) in [6.07, 6.45) is 2.66. The van der Waals surface area contributed by atoms with Crippen molar-refractivity contribution in [1.29, 1.82) is 0 Å². The lowest BCUT2D eigenvalue weighted by Gasteiger charge is -1.94. The molecule has 5 heteroatoms. The minimum atomic E-state index is 0. The number of hydrogen-bond donors (Lipinski definition) is 0. The van der Waals surface area contributed by atoms with Crippen LogP contribution in [0, 0.1) is 6.92 Å². The molecule has 0 bridgehead atoms. The van der Waals surface area contributed by atoms with Gasteiger partial charge in [-0.3, -0.25) is 4.98 Å². The summed E-state index contributed by atoms with van der Waals surface area (Å²) in [6.45, 7) is 2.01. The van der Waals surface area contributed by atoms with E-state index < -0.39 is 0 Å². The highest BCUT2D eigenvalue weighted by atomic mass is 35.5. The van der Waals surface area contributed by atoms with Gasteiger partial charge in [0.2, 0.25) is 0 Å². The van der Waals surface area contributed by atoms with Gasteiger partial charge in [0.1, 0.15) is 0 Å². The van der Waals surface area contributed by atoms with Gasteiger partial charge in [-0.25, -0.2) is 4.98 Å². The maximum absolute atomic E-state index is 4.38. The zero-order valence-corrected chi connectivity index (χ0v) is 10.7. The Morgan fingerprint density at radius 2 is 2.07 bits per heavy atom. The van der Waals surface area contributed by atoms with Crippen LogP contribution < -0.4 is 0 Å². The first kappa shape index (κ1) is 14.4. The molecule has 0 saturated heterocycles. The summed E-state index contributed by atoms with van der Waals surface area (Å²) in [5.74, 6) is 0. The minimum Gasteiger partial charge on any atom is -0.261 e. The average Bonchev–Trinajstić information content (AvgIpc) is 2.53. The van der Waals surface area contributed by atoms with Gasteiger partial charge in [-0.15, -0.1) is 36.2 Å². The summed E-state index contributed by atoms with van der Waals surface area (Å²) in [5.41, 5.74) is 2.17. The molecule has 0 aliphatic rings. The first-order valence-electron chi connectivity index (χ1n) is 4.15. The van der Waals surface area contributed by atoms with Crippen LogP contribution in [0.2, 0.25) is 0 Å².